The Kier molecular flexibility index (Phi) is 2.67. The maximum atomic E-state index is 9.83. The molecule has 2 atom stereocenters. The zero-order valence-electron chi connectivity index (χ0n) is 9.03. The minimum atomic E-state index is -0.538. The van der Waals surface area contributed by atoms with E-state index in [1.165, 1.54) is 0 Å². The van der Waals surface area contributed by atoms with Crippen molar-refractivity contribution >= 4 is 5.69 Å². The molecule has 82 valence electrons. The summed E-state index contributed by atoms with van der Waals surface area (Å²) in [7, 11) is 0. The van der Waals surface area contributed by atoms with E-state index in [1.54, 1.807) is 0 Å². The van der Waals surface area contributed by atoms with Gasteiger partial charge in [0.15, 0.2) is 0 Å². The van der Waals surface area contributed by atoms with Crippen molar-refractivity contribution in [2.24, 2.45) is 0 Å². The molecule has 0 heterocycles. The fourth-order valence-corrected chi connectivity index (χ4v) is 1.96. The molecule has 0 aliphatic heterocycles. The lowest BCUT2D eigenvalue weighted by molar-refractivity contribution is -0.0523. The molecule has 1 saturated carbocycles. The first-order valence-corrected chi connectivity index (χ1v) is 5.39. The largest absolute Gasteiger partial charge is 0.398 e. The average Bonchev–Trinajstić information content (AvgIpc) is 2.19. The molecule has 0 unspecified atom stereocenters. The van der Waals surface area contributed by atoms with Gasteiger partial charge in [0.25, 0.3) is 0 Å². The minimum absolute atomic E-state index is 0.206. The van der Waals surface area contributed by atoms with E-state index in [-0.39, 0.29) is 6.04 Å². The predicted octanol–water partition coefficient (Wildman–Crippen LogP) is 1.27. The molecule has 0 radical (unpaired) electrons. The highest BCUT2D eigenvalue weighted by atomic mass is 16.3. The van der Waals surface area contributed by atoms with Gasteiger partial charge in [-0.2, -0.15) is 0 Å². The lowest BCUT2D eigenvalue weighted by atomic mass is 9.76. The molecule has 2 rings (SSSR count). The van der Waals surface area contributed by atoms with E-state index in [4.69, 9.17) is 5.73 Å². The van der Waals surface area contributed by atoms with Gasteiger partial charge in [0.05, 0.1) is 5.60 Å². The number of nitrogens with one attached hydrogen (secondary N) is 1. The molecule has 1 aliphatic rings. The molecular formula is C12H18N2O. The van der Waals surface area contributed by atoms with Crippen LogP contribution in [0.2, 0.25) is 0 Å². The second kappa shape index (κ2) is 3.83. The zero-order valence-corrected chi connectivity index (χ0v) is 9.03. The number of para-hydroxylation sites is 1. The topological polar surface area (TPSA) is 58.3 Å². The third kappa shape index (κ3) is 2.13. The van der Waals surface area contributed by atoms with E-state index in [1.807, 2.05) is 31.2 Å². The van der Waals surface area contributed by atoms with Gasteiger partial charge in [-0.15, -0.1) is 0 Å². The number of benzene rings is 1. The predicted molar refractivity (Wildman–Crippen MR) is 61.3 cm³/mol. The highest BCUT2D eigenvalue weighted by molar-refractivity contribution is 5.46. The number of anilines is 1. The van der Waals surface area contributed by atoms with E-state index in [0.29, 0.717) is 0 Å². The van der Waals surface area contributed by atoms with Gasteiger partial charge >= 0.3 is 0 Å². The lowest BCUT2D eigenvalue weighted by Crippen LogP contribution is -2.56. The molecule has 1 fully saturated rings. The molecule has 1 aromatic carbocycles. The molecule has 1 aromatic rings. The van der Waals surface area contributed by atoms with Crippen molar-refractivity contribution in [2.75, 3.05) is 5.73 Å². The zero-order chi connectivity index (χ0) is 10.9. The number of nitrogen functional groups attached to an aromatic ring is 1. The quantitative estimate of drug-likeness (QED) is 0.653. The second-order valence-corrected chi connectivity index (χ2v) is 4.53. The van der Waals surface area contributed by atoms with Crippen LogP contribution in [0.3, 0.4) is 0 Å². The highest BCUT2D eigenvalue weighted by Crippen LogP contribution is 2.31. The minimum Gasteiger partial charge on any atom is -0.398 e. The Balaban J connectivity index is 1.91. The molecule has 0 saturated heterocycles. The summed E-state index contributed by atoms with van der Waals surface area (Å²) in [6, 6.07) is 8.02. The first-order chi connectivity index (χ1) is 7.09. The van der Waals surface area contributed by atoms with Gasteiger partial charge in [0.2, 0.25) is 0 Å². The van der Waals surface area contributed by atoms with Crippen molar-refractivity contribution in [1.82, 2.24) is 5.32 Å². The van der Waals surface area contributed by atoms with Crippen LogP contribution in [0.5, 0.6) is 0 Å². The maximum Gasteiger partial charge on any atom is 0.0772 e. The smallest absolute Gasteiger partial charge is 0.0772 e. The average molecular weight is 206 g/mol. The van der Waals surface area contributed by atoms with E-state index >= 15 is 0 Å². The summed E-state index contributed by atoms with van der Waals surface area (Å²) in [5, 5.41) is 13.2. The third-order valence-electron chi connectivity index (χ3n) is 3.28. The van der Waals surface area contributed by atoms with Gasteiger partial charge in [-0.05, 0) is 31.4 Å². The first-order valence-electron chi connectivity index (χ1n) is 5.39. The van der Waals surface area contributed by atoms with Gasteiger partial charge < -0.3 is 16.2 Å². The summed E-state index contributed by atoms with van der Waals surface area (Å²) in [6.07, 6.45) is 1.93. The number of hydrogen-bond acceptors (Lipinski definition) is 3. The van der Waals surface area contributed by atoms with Crippen LogP contribution >= 0.6 is 0 Å². The molecule has 4 N–H and O–H groups in total. The first kappa shape index (κ1) is 10.5. The summed E-state index contributed by atoms with van der Waals surface area (Å²) in [5.41, 5.74) is 7.20. The molecular weight excluding hydrogens is 188 g/mol. The van der Waals surface area contributed by atoms with Crippen molar-refractivity contribution in [2.45, 2.75) is 38.0 Å². The van der Waals surface area contributed by atoms with Gasteiger partial charge in [0.1, 0.15) is 0 Å². The van der Waals surface area contributed by atoms with Crippen LogP contribution in [-0.4, -0.2) is 16.7 Å². The van der Waals surface area contributed by atoms with Crippen LogP contribution in [0.15, 0.2) is 24.3 Å². The van der Waals surface area contributed by atoms with Gasteiger partial charge in [-0.1, -0.05) is 18.2 Å². The van der Waals surface area contributed by atoms with Crippen LogP contribution < -0.4 is 11.1 Å². The van der Waals surface area contributed by atoms with Crippen molar-refractivity contribution in [3.8, 4) is 0 Å². The molecule has 0 aromatic heterocycles. The van der Waals surface area contributed by atoms with E-state index < -0.39 is 5.60 Å². The van der Waals surface area contributed by atoms with Crippen LogP contribution in [0.4, 0.5) is 5.69 Å². The van der Waals surface area contributed by atoms with Gasteiger partial charge in [-0.3, -0.25) is 0 Å². The molecule has 3 nitrogen and oxygen atoms in total. The Morgan fingerprint density at radius 1 is 1.53 bits per heavy atom. The Morgan fingerprint density at radius 2 is 2.27 bits per heavy atom. The molecule has 1 aliphatic carbocycles. The number of aliphatic hydroxyl groups is 1. The van der Waals surface area contributed by atoms with E-state index in [2.05, 4.69) is 5.32 Å². The Morgan fingerprint density at radius 3 is 2.80 bits per heavy atom. The summed E-state index contributed by atoms with van der Waals surface area (Å²) in [4.78, 5) is 0. The summed E-state index contributed by atoms with van der Waals surface area (Å²) >= 11 is 0. The third-order valence-corrected chi connectivity index (χ3v) is 3.28. The molecule has 0 bridgehead atoms. The van der Waals surface area contributed by atoms with Crippen LogP contribution in [-0.2, 0) is 6.54 Å². The van der Waals surface area contributed by atoms with Crippen molar-refractivity contribution in [3.63, 3.8) is 0 Å². The monoisotopic (exact) mass is 206 g/mol. The summed E-state index contributed by atoms with van der Waals surface area (Å²) < 4.78 is 0. The van der Waals surface area contributed by atoms with E-state index in [0.717, 1.165) is 30.6 Å². The Labute approximate surface area is 90.3 Å². The summed E-state index contributed by atoms with van der Waals surface area (Å²) in [6.45, 7) is 2.61. The lowest BCUT2D eigenvalue weighted by Gasteiger charge is -2.43. The number of hydrogen-bond donors (Lipinski definition) is 3. The van der Waals surface area contributed by atoms with Gasteiger partial charge in [-0.25, -0.2) is 0 Å². The number of rotatable bonds is 3. The van der Waals surface area contributed by atoms with Gasteiger partial charge in [0, 0.05) is 18.3 Å². The fourth-order valence-electron chi connectivity index (χ4n) is 1.96. The fraction of sp³-hybridized carbons (Fsp3) is 0.500. The summed E-state index contributed by atoms with van der Waals surface area (Å²) in [5.74, 6) is 0. The van der Waals surface area contributed by atoms with Crippen LogP contribution in [0.1, 0.15) is 25.3 Å². The molecule has 15 heavy (non-hydrogen) atoms. The Hall–Kier alpha value is -1.06. The van der Waals surface area contributed by atoms with Crippen molar-refractivity contribution < 1.29 is 5.11 Å². The highest BCUT2D eigenvalue weighted by Gasteiger charge is 2.40. The molecule has 0 amide bonds. The van der Waals surface area contributed by atoms with Crippen LogP contribution in [0, 0.1) is 0 Å². The SMILES string of the molecule is C[C@]1(O)CC[C@@H]1NCc1ccccc1N. The maximum absolute atomic E-state index is 9.83. The Bertz CT molecular complexity index is 349. The van der Waals surface area contributed by atoms with Crippen molar-refractivity contribution in [3.05, 3.63) is 29.8 Å². The molecule has 0 spiro atoms. The number of nitrogens with two attached hydrogens (primary N) is 1. The van der Waals surface area contributed by atoms with Crippen LogP contribution in [0.25, 0.3) is 0 Å². The molecule has 3 heteroatoms. The normalized spacial score (nSPS) is 29.9. The standard InChI is InChI=1S/C12H18N2O/c1-12(15)7-6-11(12)14-8-9-4-2-3-5-10(9)13/h2-5,11,14-15H,6-8,13H2,1H3/t11-,12-/m0/s1. The van der Waals surface area contributed by atoms with E-state index in [9.17, 15) is 5.11 Å². The van der Waals surface area contributed by atoms with Crippen molar-refractivity contribution in [1.29, 1.82) is 0 Å². The second-order valence-electron chi connectivity index (χ2n) is 4.53.